The first-order chi connectivity index (χ1) is 13.2. The van der Waals surface area contributed by atoms with Crippen LogP contribution < -0.4 is 10.2 Å². The zero-order valence-corrected chi connectivity index (χ0v) is 15.4. The molecule has 0 spiro atoms. The van der Waals surface area contributed by atoms with Crippen LogP contribution >= 0.6 is 0 Å². The first-order valence-electron chi connectivity index (χ1n) is 8.97. The Morgan fingerprint density at radius 1 is 1.26 bits per heavy atom. The van der Waals surface area contributed by atoms with Gasteiger partial charge in [0.15, 0.2) is 0 Å². The van der Waals surface area contributed by atoms with E-state index in [-0.39, 0.29) is 5.57 Å². The maximum Gasteiger partial charge on any atom is 0.262 e. The maximum absolute atomic E-state index is 12.1. The van der Waals surface area contributed by atoms with Crippen LogP contribution in [0.15, 0.2) is 42.0 Å². The van der Waals surface area contributed by atoms with Crippen molar-refractivity contribution in [2.24, 2.45) is 0 Å². The third-order valence-electron chi connectivity index (χ3n) is 4.49. The fraction of sp³-hybridized carbons (Fsp3) is 0.333. The molecule has 0 saturated carbocycles. The highest BCUT2D eigenvalue weighted by atomic mass is 16.5. The summed E-state index contributed by atoms with van der Waals surface area (Å²) >= 11 is 0. The zero-order valence-electron chi connectivity index (χ0n) is 15.4. The molecule has 1 aliphatic heterocycles. The van der Waals surface area contributed by atoms with Gasteiger partial charge in [0.05, 0.1) is 19.8 Å². The van der Waals surface area contributed by atoms with Crippen LogP contribution in [0, 0.1) is 11.3 Å². The minimum Gasteiger partial charge on any atom is -0.383 e. The molecule has 0 aliphatic carbocycles. The van der Waals surface area contributed by atoms with E-state index in [1.165, 1.54) is 5.69 Å². The van der Waals surface area contributed by atoms with Crippen molar-refractivity contribution in [2.45, 2.75) is 0 Å². The number of ether oxygens (including phenoxy) is 2. The van der Waals surface area contributed by atoms with E-state index in [0.29, 0.717) is 13.2 Å². The van der Waals surface area contributed by atoms with E-state index in [1.54, 1.807) is 13.2 Å². The van der Waals surface area contributed by atoms with Crippen LogP contribution in [0.5, 0.6) is 0 Å². The molecule has 1 amide bonds. The SMILES string of the molecule is COCCNC(=O)/C(C#N)=C/c1ccc2cc(N3CCOCC3)ccc2c1. The normalized spacial score (nSPS) is 14.8. The highest BCUT2D eigenvalue weighted by Crippen LogP contribution is 2.24. The lowest BCUT2D eigenvalue weighted by atomic mass is 10.0. The molecule has 1 saturated heterocycles. The van der Waals surface area contributed by atoms with E-state index in [9.17, 15) is 10.1 Å². The standard InChI is InChI=1S/C21H23N3O3/c1-26-9-6-23-21(25)19(15-22)13-16-2-3-18-14-20(5-4-17(18)12-16)24-7-10-27-11-8-24/h2-5,12-14H,6-11H2,1H3,(H,23,25)/b19-13+. The van der Waals surface area contributed by atoms with Gasteiger partial charge in [-0.3, -0.25) is 4.79 Å². The third-order valence-corrected chi connectivity index (χ3v) is 4.49. The largest absolute Gasteiger partial charge is 0.383 e. The number of carbonyl (C=O) groups excluding carboxylic acids is 1. The van der Waals surface area contributed by atoms with Crippen LogP contribution in [0.4, 0.5) is 5.69 Å². The number of carbonyl (C=O) groups is 1. The van der Waals surface area contributed by atoms with Gasteiger partial charge in [0.2, 0.25) is 0 Å². The summed E-state index contributed by atoms with van der Waals surface area (Å²) in [7, 11) is 1.56. The van der Waals surface area contributed by atoms with Gasteiger partial charge in [-0.15, -0.1) is 0 Å². The van der Waals surface area contributed by atoms with Crippen molar-refractivity contribution < 1.29 is 14.3 Å². The van der Waals surface area contributed by atoms with Crippen LogP contribution in [0.1, 0.15) is 5.56 Å². The summed E-state index contributed by atoms with van der Waals surface area (Å²) in [4.78, 5) is 14.4. The molecule has 6 heteroatoms. The molecule has 3 rings (SSSR count). The molecule has 0 radical (unpaired) electrons. The molecule has 0 atom stereocenters. The predicted molar refractivity (Wildman–Crippen MR) is 105 cm³/mol. The maximum atomic E-state index is 12.1. The Bertz CT molecular complexity index is 880. The quantitative estimate of drug-likeness (QED) is 0.483. The molecule has 140 valence electrons. The topological polar surface area (TPSA) is 74.6 Å². The van der Waals surface area contributed by atoms with Gasteiger partial charge in [-0.2, -0.15) is 5.26 Å². The average molecular weight is 365 g/mol. The molecule has 1 N–H and O–H groups in total. The number of amides is 1. The second-order valence-electron chi connectivity index (χ2n) is 6.31. The fourth-order valence-corrected chi connectivity index (χ4v) is 3.04. The van der Waals surface area contributed by atoms with E-state index < -0.39 is 5.91 Å². The zero-order chi connectivity index (χ0) is 19.1. The van der Waals surface area contributed by atoms with E-state index in [1.807, 2.05) is 24.3 Å². The summed E-state index contributed by atoms with van der Waals surface area (Å²) in [6.45, 7) is 4.09. The van der Waals surface area contributed by atoms with Gasteiger partial charge < -0.3 is 19.7 Å². The number of methoxy groups -OCH3 is 1. The van der Waals surface area contributed by atoms with Crippen LogP contribution in [0.2, 0.25) is 0 Å². The Kier molecular flexibility index (Phi) is 6.42. The molecule has 1 heterocycles. The average Bonchev–Trinajstić information content (AvgIpc) is 2.72. The smallest absolute Gasteiger partial charge is 0.262 e. The van der Waals surface area contributed by atoms with Crippen molar-refractivity contribution in [3.05, 3.63) is 47.5 Å². The number of benzene rings is 2. The minimum absolute atomic E-state index is 0.0791. The lowest BCUT2D eigenvalue weighted by molar-refractivity contribution is -0.117. The number of hydrogen-bond acceptors (Lipinski definition) is 5. The van der Waals surface area contributed by atoms with Gasteiger partial charge in [-0.1, -0.05) is 18.2 Å². The van der Waals surface area contributed by atoms with Gasteiger partial charge >= 0.3 is 0 Å². The number of nitrogens with one attached hydrogen (secondary N) is 1. The summed E-state index contributed by atoms with van der Waals surface area (Å²) < 4.78 is 10.3. The molecular weight excluding hydrogens is 342 g/mol. The van der Waals surface area contributed by atoms with Gasteiger partial charge in [0, 0.05) is 32.4 Å². The second-order valence-corrected chi connectivity index (χ2v) is 6.31. The number of fused-ring (bicyclic) bond motifs is 1. The number of morpholine rings is 1. The van der Waals surface area contributed by atoms with Gasteiger partial charge in [0.1, 0.15) is 11.6 Å². The van der Waals surface area contributed by atoms with E-state index in [2.05, 4.69) is 28.4 Å². The minimum atomic E-state index is -0.391. The van der Waals surface area contributed by atoms with Gasteiger partial charge in [-0.05, 0) is 40.6 Å². The van der Waals surface area contributed by atoms with Crippen molar-refractivity contribution >= 4 is 28.4 Å². The molecule has 27 heavy (non-hydrogen) atoms. The highest BCUT2D eigenvalue weighted by Gasteiger charge is 2.12. The van der Waals surface area contributed by atoms with E-state index in [4.69, 9.17) is 9.47 Å². The molecule has 0 bridgehead atoms. The summed E-state index contributed by atoms with van der Waals surface area (Å²) in [6, 6.07) is 14.2. The number of anilines is 1. The second kappa shape index (κ2) is 9.17. The lowest BCUT2D eigenvalue weighted by Crippen LogP contribution is -2.36. The number of nitrogens with zero attached hydrogens (tertiary/aromatic N) is 2. The molecule has 2 aromatic carbocycles. The summed E-state index contributed by atoms with van der Waals surface area (Å²) in [5.41, 5.74) is 2.08. The van der Waals surface area contributed by atoms with Crippen LogP contribution in [-0.4, -0.2) is 52.5 Å². The Labute approximate surface area is 159 Å². The third kappa shape index (κ3) is 4.85. The van der Waals surface area contributed by atoms with Crippen molar-refractivity contribution in [1.82, 2.24) is 5.32 Å². The summed E-state index contributed by atoms with van der Waals surface area (Å²) in [5.74, 6) is -0.391. The Morgan fingerprint density at radius 3 is 2.74 bits per heavy atom. The lowest BCUT2D eigenvalue weighted by Gasteiger charge is -2.29. The molecule has 0 unspecified atom stereocenters. The fourth-order valence-electron chi connectivity index (χ4n) is 3.04. The Balaban J connectivity index is 1.79. The molecule has 1 fully saturated rings. The van der Waals surface area contributed by atoms with Gasteiger partial charge in [0.25, 0.3) is 5.91 Å². The van der Waals surface area contributed by atoms with Crippen molar-refractivity contribution in [1.29, 1.82) is 5.26 Å². The number of nitriles is 1. The summed E-state index contributed by atoms with van der Waals surface area (Å²) in [6.07, 6.45) is 1.61. The van der Waals surface area contributed by atoms with Crippen LogP contribution in [-0.2, 0) is 14.3 Å². The number of rotatable bonds is 6. The van der Waals surface area contributed by atoms with Crippen molar-refractivity contribution in [3.63, 3.8) is 0 Å². The molecule has 6 nitrogen and oxygen atoms in total. The Hall–Kier alpha value is -2.88. The molecule has 0 aromatic heterocycles. The van der Waals surface area contributed by atoms with E-state index in [0.717, 1.165) is 42.6 Å². The summed E-state index contributed by atoms with van der Waals surface area (Å²) in [5, 5.41) is 14.1. The van der Waals surface area contributed by atoms with Crippen LogP contribution in [0.25, 0.3) is 16.8 Å². The molecule has 2 aromatic rings. The van der Waals surface area contributed by atoms with Crippen molar-refractivity contribution in [3.8, 4) is 6.07 Å². The van der Waals surface area contributed by atoms with Crippen LogP contribution in [0.3, 0.4) is 0 Å². The van der Waals surface area contributed by atoms with Crippen molar-refractivity contribution in [2.75, 3.05) is 51.5 Å². The molecule has 1 aliphatic rings. The predicted octanol–water partition coefficient (Wildman–Crippen LogP) is 2.35. The first-order valence-corrected chi connectivity index (χ1v) is 8.97. The van der Waals surface area contributed by atoms with Gasteiger partial charge in [-0.25, -0.2) is 0 Å². The number of hydrogen-bond donors (Lipinski definition) is 1. The van der Waals surface area contributed by atoms with E-state index >= 15 is 0 Å². The monoisotopic (exact) mass is 365 g/mol. The highest BCUT2D eigenvalue weighted by molar-refractivity contribution is 6.02. The first kappa shape index (κ1) is 18.9. The molecular formula is C21H23N3O3. The Morgan fingerprint density at radius 2 is 2.00 bits per heavy atom.